The molecule has 0 saturated heterocycles. The maximum absolute atomic E-state index is 12.5. The Kier molecular flexibility index (Phi) is 3.86. The number of alkyl halides is 3. The number of nitrogens with zero attached hydrogens (tertiary/aromatic N) is 2. The third kappa shape index (κ3) is 2.36. The normalized spacial score (nSPS) is 10.1. The Hall–Kier alpha value is -1.35. The molecule has 0 spiro atoms. The first-order valence-corrected chi connectivity index (χ1v) is 4.99. The highest BCUT2D eigenvalue weighted by atomic mass is 79.9. The highest BCUT2D eigenvalue weighted by Crippen LogP contribution is 2.23. The van der Waals surface area contributed by atoms with Gasteiger partial charge >= 0.3 is 0 Å². The van der Waals surface area contributed by atoms with Gasteiger partial charge in [0, 0.05) is 5.33 Å². The van der Waals surface area contributed by atoms with Gasteiger partial charge in [0.2, 0.25) is 0 Å². The van der Waals surface area contributed by atoms with Crippen LogP contribution in [0.1, 0.15) is 33.7 Å². The molecule has 1 heterocycles. The highest BCUT2D eigenvalue weighted by Gasteiger charge is 2.19. The van der Waals surface area contributed by atoms with Crippen LogP contribution in [-0.2, 0) is 5.33 Å². The maximum atomic E-state index is 12.5. The second kappa shape index (κ2) is 4.94. The van der Waals surface area contributed by atoms with Crippen LogP contribution in [0.4, 0.5) is 8.78 Å². The number of aldehydes is 1. The Morgan fingerprint density at radius 1 is 1.67 bits per heavy atom. The van der Waals surface area contributed by atoms with Gasteiger partial charge in [0.05, 0.1) is 16.8 Å². The predicted molar refractivity (Wildman–Crippen MR) is 51.9 cm³/mol. The van der Waals surface area contributed by atoms with Crippen molar-refractivity contribution in [1.82, 2.24) is 4.98 Å². The Bertz CT molecular complexity index is 429. The van der Waals surface area contributed by atoms with Crippen LogP contribution in [0.5, 0.6) is 0 Å². The van der Waals surface area contributed by atoms with Crippen LogP contribution < -0.4 is 0 Å². The Morgan fingerprint density at radius 3 is 2.73 bits per heavy atom. The standard InChI is InChI=1S/C9H5BrF2N2O/c10-2-6-1-5(3-13)7(4-15)8(14-6)9(11)12/h1,4,9H,2H2. The van der Waals surface area contributed by atoms with E-state index in [0.717, 1.165) is 0 Å². The molecule has 0 saturated carbocycles. The summed E-state index contributed by atoms with van der Waals surface area (Å²) in [5, 5.41) is 8.93. The molecule has 1 rings (SSSR count). The van der Waals surface area contributed by atoms with Gasteiger partial charge in [0.25, 0.3) is 6.43 Å². The average Bonchev–Trinajstić information content (AvgIpc) is 2.26. The fraction of sp³-hybridized carbons (Fsp3) is 0.222. The van der Waals surface area contributed by atoms with E-state index in [0.29, 0.717) is 5.69 Å². The average molecular weight is 275 g/mol. The van der Waals surface area contributed by atoms with Crippen LogP contribution in [0, 0.1) is 11.3 Å². The van der Waals surface area contributed by atoms with E-state index in [9.17, 15) is 13.6 Å². The van der Waals surface area contributed by atoms with E-state index in [4.69, 9.17) is 5.26 Å². The van der Waals surface area contributed by atoms with E-state index < -0.39 is 12.1 Å². The molecule has 3 nitrogen and oxygen atoms in total. The summed E-state index contributed by atoms with van der Waals surface area (Å²) in [7, 11) is 0. The molecule has 0 radical (unpaired) electrons. The molecule has 0 unspecified atom stereocenters. The zero-order valence-electron chi connectivity index (χ0n) is 7.38. The largest absolute Gasteiger partial charge is 0.298 e. The van der Waals surface area contributed by atoms with Crippen molar-refractivity contribution in [2.24, 2.45) is 0 Å². The molecule has 0 N–H and O–H groups in total. The Morgan fingerprint density at radius 2 is 2.33 bits per heavy atom. The van der Waals surface area contributed by atoms with Crippen molar-refractivity contribution >= 4 is 22.2 Å². The summed E-state index contributed by atoms with van der Waals surface area (Å²) < 4.78 is 25.0. The van der Waals surface area contributed by atoms with Crippen molar-refractivity contribution < 1.29 is 13.6 Å². The summed E-state index contributed by atoms with van der Waals surface area (Å²) >= 11 is 3.05. The highest BCUT2D eigenvalue weighted by molar-refractivity contribution is 9.08. The second-order valence-corrected chi connectivity index (χ2v) is 3.18. The van der Waals surface area contributed by atoms with Gasteiger partial charge < -0.3 is 0 Å². The van der Waals surface area contributed by atoms with Crippen LogP contribution in [0.15, 0.2) is 6.07 Å². The van der Waals surface area contributed by atoms with Crippen molar-refractivity contribution in [2.45, 2.75) is 11.8 Å². The van der Waals surface area contributed by atoms with E-state index >= 15 is 0 Å². The number of pyridine rings is 1. The van der Waals surface area contributed by atoms with E-state index in [-0.39, 0.29) is 22.7 Å². The fourth-order valence-electron chi connectivity index (χ4n) is 1.08. The minimum Gasteiger partial charge on any atom is -0.298 e. The van der Waals surface area contributed by atoms with Gasteiger partial charge in [-0.05, 0) is 6.07 Å². The zero-order valence-corrected chi connectivity index (χ0v) is 8.96. The molecular formula is C9H5BrF2N2O. The first-order valence-electron chi connectivity index (χ1n) is 3.87. The Balaban J connectivity index is 3.47. The number of hydrogen-bond acceptors (Lipinski definition) is 3. The van der Waals surface area contributed by atoms with Crippen molar-refractivity contribution in [1.29, 1.82) is 5.26 Å². The van der Waals surface area contributed by atoms with Crippen molar-refractivity contribution in [2.75, 3.05) is 0 Å². The number of nitriles is 1. The third-order valence-corrected chi connectivity index (χ3v) is 2.30. The molecule has 1 aromatic rings. The molecule has 0 aliphatic carbocycles. The molecule has 78 valence electrons. The molecular weight excluding hydrogens is 270 g/mol. The molecule has 0 bridgehead atoms. The number of hydrogen-bond donors (Lipinski definition) is 0. The monoisotopic (exact) mass is 274 g/mol. The van der Waals surface area contributed by atoms with Crippen LogP contribution in [-0.4, -0.2) is 11.3 Å². The SMILES string of the molecule is N#Cc1cc(CBr)nc(C(F)F)c1C=O. The van der Waals surface area contributed by atoms with E-state index in [1.54, 1.807) is 6.07 Å². The molecule has 0 aliphatic rings. The fourth-order valence-corrected chi connectivity index (χ4v) is 1.37. The quantitative estimate of drug-likeness (QED) is 0.629. The number of carbonyl (C=O) groups is 1. The van der Waals surface area contributed by atoms with Crippen LogP contribution in [0.25, 0.3) is 0 Å². The Labute approximate surface area is 92.9 Å². The second-order valence-electron chi connectivity index (χ2n) is 2.62. The molecule has 0 atom stereocenters. The molecule has 0 aliphatic heterocycles. The lowest BCUT2D eigenvalue weighted by Gasteiger charge is -2.06. The zero-order chi connectivity index (χ0) is 11.4. The molecule has 0 fully saturated rings. The topological polar surface area (TPSA) is 53.8 Å². The van der Waals surface area contributed by atoms with Crippen LogP contribution >= 0.6 is 15.9 Å². The molecule has 0 aromatic carbocycles. The summed E-state index contributed by atoms with van der Waals surface area (Å²) in [6.07, 6.45) is -2.64. The number of aromatic nitrogens is 1. The molecule has 15 heavy (non-hydrogen) atoms. The summed E-state index contributed by atoms with van der Waals surface area (Å²) in [6, 6.07) is 3.00. The van der Waals surface area contributed by atoms with Crippen molar-refractivity contribution in [3.8, 4) is 6.07 Å². The number of halogens is 3. The summed E-state index contributed by atoms with van der Waals surface area (Å²) in [5.74, 6) is 0. The number of rotatable bonds is 3. The lowest BCUT2D eigenvalue weighted by atomic mass is 10.1. The summed E-state index contributed by atoms with van der Waals surface area (Å²) in [5.41, 5.74) is -0.757. The molecule has 0 amide bonds. The first kappa shape index (κ1) is 11.7. The van der Waals surface area contributed by atoms with Crippen LogP contribution in [0.3, 0.4) is 0 Å². The van der Waals surface area contributed by atoms with Gasteiger partial charge in [-0.25, -0.2) is 8.78 Å². The molecule has 6 heteroatoms. The van der Waals surface area contributed by atoms with Crippen LogP contribution in [0.2, 0.25) is 0 Å². The van der Waals surface area contributed by atoms with E-state index in [1.165, 1.54) is 6.07 Å². The van der Waals surface area contributed by atoms with E-state index in [1.807, 2.05) is 0 Å². The lowest BCUT2D eigenvalue weighted by molar-refractivity contribution is 0.110. The minimum absolute atomic E-state index is 0.0789. The predicted octanol–water partition coefficient (Wildman–Crippen LogP) is 2.60. The van der Waals surface area contributed by atoms with Crippen molar-refractivity contribution in [3.05, 3.63) is 28.6 Å². The van der Waals surface area contributed by atoms with Gasteiger partial charge in [0.1, 0.15) is 11.8 Å². The third-order valence-electron chi connectivity index (χ3n) is 1.72. The first-order chi connectivity index (χ1) is 7.13. The van der Waals surface area contributed by atoms with Gasteiger partial charge in [0.15, 0.2) is 6.29 Å². The summed E-state index contributed by atoms with van der Waals surface area (Å²) in [4.78, 5) is 14.2. The minimum atomic E-state index is -2.86. The maximum Gasteiger partial charge on any atom is 0.281 e. The van der Waals surface area contributed by atoms with E-state index in [2.05, 4.69) is 20.9 Å². The van der Waals surface area contributed by atoms with Gasteiger partial charge in [-0.3, -0.25) is 9.78 Å². The smallest absolute Gasteiger partial charge is 0.281 e. The number of carbonyl (C=O) groups excluding carboxylic acids is 1. The summed E-state index contributed by atoms with van der Waals surface area (Å²) in [6.45, 7) is 0. The van der Waals surface area contributed by atoms with Gasteiger partial charge in [-0.1, -0.05) is 15.9 Å². The lowest BCUT2D eigenvalue weighted by Crippen LogP contribution is -2.03. The van der Waals surface area contributed by atoms with Crippen molar-refractivity contribution in [3.63, 3.8) is 0 Å². The molecule has 1 aromatic heterocycles. The van der Waals surface area contributed by atoms with Gasteiger partial charge in [-0.15, -0.1) is 0 Å². The van der Waals surface area contributed by atoms with Gasteiger partial charge in [-0.2, -0.15) is 5.26 Å².